The molecule has 0 amide bonds. The lowest BCUT2D eigenvalue weighted by Crippen LogP contribution is -2.55. The SMILES string of the molecule is CC(C)n1cc(CO[C@@H]2O[C@H](CO)[C@H](C)[C@H](O)[C@H]2O)nn1. The maximum absolute atomic E-state index is 9.97. The van der Waals surface area contributed by atoms with E-state index in [9.17, 15) is 15.3 Å². The number of rotatable bonds is 5. The lowest BCUT2D eigenvalue weighted by molar-refractivity contribution is -0.291. The average molecular weight is 301 g/mol. The fourth-order valence-electron chi connectivity index (χ4n) is 2.22. The van der Waals surface area contributed by atoms with E-state index in [-0.39, 0.29) is 25.2 Å². The van der Waals surface area contributed by atoms with Crippen LogP contribution >= 0.6 is 0 Å². The van der Waals surface area contributed by atoms with Crippen LogP contribution < -0.4 is 0 Å². The Bertz CT molecular complexity index is 451. The van der Waals surface area contributed by atoms with Crippen molar-refractivity contribution in [1.82, 2.24) is 15.0 Å². The van der Waals surface area contributed by atoms with E-state index < -0.39 is 24.6 Å². The molecule has 1 fully saturated rings. The second-order valence-corrected chi connectivity index (χ2v) is 5.66. The van der Waals surface area contributed by atoms with Gasteiger partial charge >= 0.3 is 0 Å². The molecular weight excluding hydrogens is 278 g/mol. The van der Waals surface area contributed by atoms with Gasteiger partial charge in [-0.25, -0.2) is 4.68 Å². The van der Waals surface area contributed by atoms with Crippen LogP contribution in [0.25, 0.3) is 0 Å². The van der Waals surface area contributed by atoms with Gasteiger partial charge in [-0.05, 0) is 13.8 Å². The molecule has 0 radical (unpaired) electrons. The van der Waals surface area contributed by atoms with Crippen LogP contribution in [0.4, 0.5) is 0 Å². The van der Waals surface area contributed by atoms with Crippen LogP contribution in [0, 0.1) is 5.92 Å². The molecule has 0 bridgehead atoms. The molecule has 8 nitrogen and oxygen atoms in total. The van der Waals surface area contributed by atoms with Gasteiger partial charge in [-0.1, -0.05) is 12.1 Å². The van der Waals surface area contributed by atoms with E-state index in [1.165, 1.54) is 0 Å². The van der Waals surface area contributed by atoms with Crippen molar-refractivity contribution in [2.45, 2.75) is 58.0 Å². The lowest BCUT2D eigenvalue weighted by Gasteiger charge is -2.40. The summed E-state index contributed by atoms with van der Waals surface area (Å²) in [5.41, 5.74) is 0.605. The molecule has 0 saturated carbocycles. The maximum atomic E-state index is 9.97. The topological polar surface area (TPSA) is 110 Å². The van der Waals surface area contributed by atoms with Gasteiger partial charge in [0.15, 0.2) is 6.29 Å². The first-order valence-corrected chi connectivity index (χ1v) is 7.08. The minimum absolute atomic E-state index is 0.105. The van der Waals surface area contributed by atoms with E-state index in [0.29, 0.717) is 5.69 Å². The quantitative estimate of drug-likeness (QED) is 0.669. The van der Waals surface area contributed by atoms with Crippen LogP contribution in [0.15, 0.2) is 6.20 Å². The second kappa shape index (κ2) is 6.80. The number of hydrogen-bond donors (Lipinski definition) is 3. The summed E-state index contributed by atoms with van der Waals surface area (Å²) in [7, 11) is 0. The summed E-state index contributed by atoms with van der Waals surface area (Å²) >= 11 is 0. The maximum Gasteiger partial charge on any atom is 0.186 e. The van der Waals surface area contributed by atoms with Crippen LogP contribution in [0.3, 0.4) is 0 Å². The lowest BCUT2D eigenvalue weighted by atomic mass is 9.91. The average Bonchev–Trinajstić information content (AvgIpc) is 2.93. The van der Waals surface area contributed by atoms with Gasteiger partial charge in [0.1, 0.15) is 11.8 Å². The van der Waals surface area contributed by atoms with E-state index in [4.69, 9.17) is 9.47 Å². The first kappa shape index (κ1) is 16.3. The number of hydrogen-bond acceptors (Lipinski definition) is 7. The molecule has 0 aromatic carbocycles. The van der Waals surface area contributed by atoms with Gasteiger partial charge in [-0.15, -0.1) is 5.10 Å². The first-order valence-electron chi connectivity index (χ1n) is 7.08. The molecule has 120 valence electrons. The summed E-state index contributed by atoms with van der Waals surface area (Å²) in [6.45, 7) is 5.54. The number of ether oxygens (including phenoxy) is 2. The molecule has 2 rings (SSSR count). The predicted molar refractivity (Wildman–Crippen MR) is 72.1 cm³/mol. The normalized spacial score (nSPS) is 33.6. The molecular formula is C13H23N3O5. The Morgan fingerprint density at radius 1 is 1.38 bits per heavy atom. The summed E-state index contributed by atoms with van der Waals surface area (Å²) in [6.07, 6.45) is -1.99. The number of aliphatic hydroxyl groups is 3. The van der Waals surface area contributed by atoms with Gasteiger partial charge in [0, 0.05) is 12.0 Å². The molecule has 8 heteroatoms. The summed E-state index contributed by atoms with van der Waals surface area (Å²) in [4.78, 5) is 0. The van der Waals surface area contributed by atoms with Crippen LogP contribution in [0.5, 0.6) is 0 Å². The monoisotopic (exact) mass is 301 g/mol. The minimum atomic E-state index is -1.16. The Morgan fingerprint density at radius 3 is 2.67 bits per heavy atom. The van der Waals surface area contributed by atoms with Crippen molar-refractivity contribution in [3.63, 3.8) is 0 Å². The largest absolute Gasteiger partial charge is 0.394 e. The molecule has 1 aromatic heterocycles. The van der Waals surface area contributed by atoms with Gasteiger partial charge in [0.2, 0.25) is 0 Å². The molecule has 0 spiro atoms. The van der Waals surface area contributed by atoms with Crippen molar-refractivity contribution in [3.8, 4) is 0 Å². The van der Waals surface area contributed by atoms with Gasteiger partial charge in [0.25, 0.3) is 0 Å². The van der Waals surface area contributed by atoms with Gasteiger partial charge in [0.05, 0.1) is 31.6 Å². The smallest absolute Gasteiger partial charge is 0.186 e. The minimum Gasteiger partial charge on any atom is -0.394 e. The Labute approximate surface area is 123 Å². The van der Waals surface area contributed by atoms with Crippen molar-refractivity contribution in [1.29, 1.82) is 0 Å². The summed E-state index contributed by atoms with van der Waals surface area (Å²) in [5.74, 6) is -0.369. The highest BCUT2D eigenvalue weighted by Gasteiger charge is 2.42. The van der Waals surface area contributed by atoms with Crippen LogP contribution in [-0.4, -0.2) is 61.5 Å². The molecule has 1 aliphatic heterocycles. The molecule has 1 saturated heterocycles. The number of nitrogens with zero attached hydrogens (tertiary/aromatic N) is 3. The summed E-state index contributed by atoms with van der Waals surface area (Å²) in [6, 6.07) is 0.198. The van der Waals surface area contributed by atoms with Crippen molar-refractivity contribution in [2.75, 3.05) is 6.61 Å². The highest BCUT2D eigenvalue weighted by molar-refractivity contribution is 4.92. The summed E-state index contributed by atoms with van der Waals surface area (Å²) in [5, 5.41) is 37.1. The molecule has 1 aromatic rings. The molecule has 0 unspecified atom stereocenters. The number of aliphatic hydroxyl groups excluding tert-OH is 3. The first-order chi connectivity index (χ1) is 9.93. The number of aromatic nitrogens is 3. The third-order valence-electron chi connectivity index (χ3n) is 3.73. The van der Waals surface area contributed by atoms with E-state index in [1.54, 1.807) is 17.8 Å². The van der Waals surface area contributed by atoms with Gasteiger partial charge < -0.3 is 24.8 Å². The molecule has 2 heterocycles. The Hall–Kier alpha value is -1.06. The van der Waals surface area contributed by atoms with Crippen molar-refractivity contribution >= 4 is 0 Å². The fraction of sp³-hybridized carbons (Fsp3) is 0.846. The molecule has 5 atom stereocenters. The van der Waals surface area contributed by atoms with Crippen LogP contribution in [0.1, 0.15) is 32.5 Å². The zero-order chi connectivity index (χ0) is 15.6. The van der Waals surface area contributed by atoms with E-state index in [1.807, 2.05) is 13.8 Å². The van der Waals surface area contributed by atoms with Gasteiger partial charge in [-0.3, -0.25) is 0 Å². The van der Waals surface area contributed by atoms with Crippen molar-refractivity contribution in [2.24, 2.45) is 5.92 Å². The van der Waals surface area contributed by atoms with Gasteiger partial charge in [-0.2, -0.15) is 0 Å². The standard InChI is InChI=1S/C13H23N3O5/c1-7(2)16-4-9(14-15-16)6-20-13-12(19)11(18)8(3)10(5-17)21-13/h4,7-8,10-13,17-19H,5-6H2,1-3H3/t8-,10+,11-,12+,13+/m0/s1. The Kier molecular flexibility index (Phi) is 5.28. The Balaban J connectivity index is 1.94. The molecule has 21 heavy (non-hydrogen) atoms. The van der Waals surface area contributed by atoms with Crippen LogP contribution in [0.2, 0.25) is 0 Å². The van der Waals surface area contributed by atoms with E-state index >= 15 is 0 Å². The molecule has 0 aliphatic carbocycles. The fourth-order valence-corrected chi connectivity index (χ4v) is 2.22. The zero-order valence-electron chi connectivity index (χ0n) is 12.5. The molecule has 1 aliphatic rings. The zero-order valence-corrected chi connectivity index (χ0v) is 12.5. The van der Waals surface area contributed by atoms with Crippen molar-refractivity contribution in [3.05, 3.63) is 11.9 Å². The van der Waals surface area contributed by atoms with Crippen LogP contribution in [-0.2, 0) is 16.1 Å². The Morgan fingerprint density at radius 2 is 2.10 bits per heavy atom. The van der Waals surface area contributed by atoms with E-state index in [2.05, 4.69) is 10.3 Å². The summed E-state index contributed by atoms with van der Waals surface area (Å²) < 4.78 is 12.6. The second-order valence-electron chi connectivity index (χ2n) is 5.66. The van der Waals surface area contributed by atoms with Crippen molar-refractivity contribution < 1.29 is 24.8 Å². The van der Waals surface area contributed by atoms with E-state index in [0.717, 1.165) is 0 Å². The molecule has 3 N–H and O–H groups in total. The highest BCUT2D eigenvalue weighted by Crippen LogP contribution is 2.26. The predicted octanol–water partition coefficient (Wildman–Crippen LogP) is -0.549. The third-order valence-corrected chi connectivity index (χ3v) is 3.73. The third kappa shape index (κ3) is 3.58. The highest BCUT2D eigenvalue weighted by atomic mass is 16.7.